The Balaban J connectivity index is 2.03. The topological polar surface area (TPSA) is 79.3 Å². The van der Waals surface area contributed by atoms with Crippen LogP contribution >= 0.6 is 11.3 Å². The number of rotatable bonds is 3. The minimum Gasteiger partial charge on any atom is -0.481 e. The van der Waals surface area contributed by atoms with Gasteiger partial charge >= 0.3 is 5.97 Å². The molecule has 5 nitrogen and oxygen atoms in total. The maximum absolute atomic E-state index is 12.3. The fourth-order valence-electron chi connectivity index (χ4n) is 2.53. The minimum absolute atomic E-state index is 0.0430. The van der Waals surface area contributed by atoms with Crippen molar-refractivity contribution in [3.8, 4) is 0 Å². The molecule has 1 amide bonds. The smallest absolute Gasteiger partial charge is 0.306 e. The molecule has 1 saturated carbocycles. The molecule has 1 aliphatic rings. The first-order valence-electron chi connectivity index (χ1n) is 6.76. The molecular weight excluding hydrogens is 276 g/mol. The molecule has 110 valence electrons. The third-order valence-electron chi connectivity index (χ3n) is 3.60. The molecular formula is C14H20N2O3S. The molecule has 0 radical (unpaired) electrons. The van der Waals surface area contributed by atoms with Gasteiger partial charge in [0.1, 0.15) is 4.88 Å². The summed E-state index contributed by atoms with van der Waals surface area (Å²) in [5.41, 5.74) is 2.31. The van der Waals surface area contributed by atoms with Gasteiger partial charge < -0.3 is 10.4 Å². The fraction of sp³-hybridized carbons (Fsp3) is 0.643. The summed E-state index contributed by atoms with van der Waals surface area (Å²) in [5, 5.41) is 11.9. The number of aromatic nitrogens is 1. The first kappa shape index (κ1) is 15.0. The minimum atomic E-state index is -0.769. The Morgan fingerprint density at radius 3 is 2.65 bits per heavy atom. The van der Waals surface area contributed by atoms with E-state index in [4.69, 9.17) is 5.11 Å². The second-order valence-corrected chi connectivity index (χ2v) is 7.15. The standard InChI is InChI=1S/C14H20N2O3S/c1-14(2,3)11-10(20-7-15-11)12(17)16-9-5-4-8(6-9)13(18)19/h7-9H,4-6H2,1-3H3,(H,16,17)(H,18,19)/t8-,9-/m1/s1. The molecule has 0 aromatic carbocycles. The van der Waals surface area contributed by atoms with E-state index in [0.29, 0.717) is 17.7 Å². The lowest BCUT2D eigenvalue weighted by Gasteiger charge is -2.18. The van der Waals surface area contributed by atoms with Crippen molar-refractivity contribution in [2.24, 2.45) is 5.92 Å². The maximum Gasteiger partial charge on any atom is 0.306 e. The quantitative estimate of drug-likeness (QED) is 0.897. The number of aliphatic carboxylic acids is 1. The monoisotopic (exact) mass is 296 g/mol. The van der Waals surface area contributed by atoms with Gasteiger partial charge in [-0.05, 0) is 19.3 Å². The highest BCUT2D eigenvalue weighted by atomic mass is 32.1. The number of amides is 1. The average molecular weight is 296 g/mol. The number of thiazole rings is 1. The van der Waals surface area contributed by atoms with Crippen LogP contribution in [0.1, 0.15) is 55.4 Å². The molecule has 0 aliphatic heterocycles. The Kier molecular flexibility index (Phi) is 4.13. The second kappa shape index (κ2) is 5.52. The number of carboxylic acid groups (broad SMARTS) is 1. The van der Waals surface area contributed by atoms with E-state index in [1.165, 1.54) is 11.3 Å². The highest BCUT2D eigenvalue weighted by Gasteiger charge is 2.32. The van der Waals surface area contributed by atoms with Gasteiger partial charge in [-0.15, -0.1) is 11.3 Å². The number of carbonyl (C=O) groups excluding carboxylic acids is 1. The zero-order valence-corrected chi connectivity index (χ0v) is 12.8. The van der Waals surface area contributed by atoms with Gasteiger partial charge in [-0.3, -0.25) is 9.59 Å². The molecule has 0 bridgehead atoms. The average Bonchev–Trinajstić information content (AvgIpc) is 2.95. The fourth-order valence-corrected chi connectivity index (χ4v) is 3.43. The van der Waals surface area contributed by atoms with Gasteiger partial charge in [-0.2, -0.15) is 0 Å². The lowest BCUT2D eigenvalue weighted by molar-refractivity contribution is -0.141. The highest BCUT2D eigenvalue weighted by molar-refractivity contribution is 7.11. The van der Waals surface area contributed by atoms with E-state index in [1.807, 2.05) is 20.8 Å². The number of nitrogens with zero attached hydrogens (tertiary/aromatic N) is 1. The summed E-state index contributed by atoms with van der Waals surface area (Å²) >= 11 is 1.34. The van der Waals surface area contributed by atoms with Gasteiger partial charge in [0, 0.05) is 11.5 Å². The molecule has 1 fully saturated rings. The SMILES string of the molecule is CC(C)(C)c1ncsc1C(=O)N[C@@H]1CC[C@@H](C(=O)O)C1. The van der Waals surface area contributed by atoms with Crippen LogP contribution in [0.4, 0.5) is 0 Å². The van der Waals surface area contributed by atoms with E-state index in [-0.39, 0.29) is 23.3 Å². The Hall–Kier alpha value is -1.43. The number of carbonyl (C=O) groups is 2. The molecule has 1 aliphatic carbocycles. The maximum atomic E-state index is 12.3. The van der Waals surface area contributed by atoms with Crippen LogP contribution in [-0.2, 0) is 10.2 Å². The van der Waals surface area contributed by atoms with Crippen LogP contribution in [0, 0.1) is 5.92 Å². The first-order chi connectivity index (χ1) is 9.29. The third-order valence-corrected chi connectivity index (χ3v) is 4.43. The summed E-state index contributed by atoms with van der Waals surface area (Å²) in [6.45, 7) is 6.07. The number of hydrogen-bond acceptors (Lipinski definition) is 4. The number of nitrogens with one attached hydrogen (secondary N) is 1. The van der Waals surface area contributed by atoms with Gasteiger partial charge in [0.25, 0.3) is 5.91 Å². The molecule has 0 spiro atoms. The molecule has 0 unspecified atom stereocenters. The van der Waals surface area contributed by atoms with Gasteiger partial charge in [0.15, 0.2) is 0 Å². The van der Waals surface area contributed by atoms with Crippen molar-refractivity contribution in [2.45, 2.75) is 51.5 Å². The third kappa shape index (κ3) is 3.17. The first-order valence-corrected chi connectivity index (χ1v) is 7.64. The van der Waals surface area contributed by atoms with Gasteiger partial charge in [-0.1, -0.05) is 20.8 Å². The van der Waals surface area contributed by atoms with Crippen molar-refractivity contribution in [3.05, 3.63) is 16.1 Å². The molecule has 2 rings (SSSR count). The summed E-state index contributed by atoms with van der Waals surface area (Å²) in [6.07, 6.45) is 1.88. The van der Waals surface area contributed by atoms with Gasteiger partial charge in [0.2, 0.25) is 0 Å². The van der Waals surface area contributed by atoms with Gasteiger partial charge in [0.05, 0.1) is 17.1 Å². The van der Waals surface area contributed by atoms with Crippen LogP contribution in [0.5, 0.6) is 0 Å². The summed E-state index contributed by atoms with van der Waals surface area (Å²) in [5.74, 6) is -1.23. The van der Waals surface area contributed by atoms with E-state index in [2.05, 4.69) is 10.3 Å². The largest absolute Gasteiger partial charge is 0.481 e. The normalized spacial score (nSPS) is 22.8. The zero-order valence-electron chi connectivity index (χ0n) is 12.0. The summed E-state index contributed by atoms with van der Waals surface area (Å²) < 4.78 is 0. The Morgan fingerprint density at radius 2 is 2.10 bits per heavy atom. The molecule has 2 atom stereocenters. The van der Waals surface area contributed by atoms with E-state index >= 15 is 0 Å². The van der Waals surface area contributed by atoms with Crippen LogP contribution < -0.4 is 5.32 Å². The number of carboxylic acids is 1. The lowest BCUT2D eigenvalue weighted by Crippen LogP contribution is -2.34. The van der Waals surface area contributed by atoms with E-state index in [1.54, 1.807) is 5.51 Å². The lowest BCUT2D eigenvalue weighted by atomic mass is 9.91. The van der Waals surface area contributed by atoms with Crippen LogP contribution in [-0.4, -0.2) is 28.0 Å². The van der Waals surface area contributed by atoms with E-state index in [0.717, 1.165) is 12.1 Å². The highest BCUT2D eigenvalue weighted by Crippen LogP contribution is 2.29. The van der Waals surface area contributed by atoms with Crippen LogP contribution in [0.3, 0.4) is 0 Å². The molecule has 0 saturated heterocycles. The number of hydrogen-bond donors (Lipinski definition) is 2. The Morgan fingerprint density at radius 1 is 1.40 bits per heavy atom. The summed E-state index contributed by atoms with van der Waals surface area (Å²) in [4.78, 5) is 28.2. The van der Waals surface area contributed by atoms with E-state index < -0.39 is 5.97 Å². The molecule has 1 aromatic heterocycles. The molecule has 6 heteroatoms. The predicted octanol–water partition coefficient (Wildman–Crippen LogP) is 2.42. The van der Waals surface area contributed by atoms with E-state index in [9.17, 15) is 9.59 Å². The van der Waals surface area contributed by atoms with Gasteiger partial charge in [-0.25, -0.2) is 4.98 Å². The van der Waals surface area contributed by atoms with Crippen molar-refractivity contribution in [3.63, 3.8) is 0 Å². The van der Waals surface area contributed by atoms with Crippen LogP contribution in [0.2, 0.25) is 0 Å². The zero-order chi connectivity index (χ0) is 14.9. The summed E-state index contributed by atoms with van der Waals surface area (Å²) in [7, 11) is 0. The molecule has 20 heavy (non-hydrogen) atoms. The summed E-state index contributed by atoms with van der Waals surface area (Å²) in [6, 6.07) is -0.0430. The molecule has 2 N–H and O–H groups in total. The Labute approximate surface area is 122 Å². The van der Waals surface area contributed by atoms with Crippen molar-refractivity contribution >= 4 is 23.2 Å². The van der Waals surface area contributed by atoms with Crippen LogP contribution in [0.15, 0.2) is 5.51 Å². The van der Waals surface area contributed by atoms with Crippen molar-refractivity contribution < 1.29 is 14.7 Å². The second-order valence-electron chi connectivity index (χ2n) is 6.30. The van der Waals surface area contributed by atoms with Crippen molar-refractivity contribution in [1.29, 1.82) is 0 Å². The predicted molar refractivity (Wildman–Crippen MR) is 77.0 cm³/mol. The molecule has 1 heterocycles. The van der Waals surface area contributed by atoms with Crippen molar-refractivity contribution in [2.75, 3.05) is 0 Å². The van der Waals surface area contributed by atoms with Crippen LogP contribution in [0.25, 0.3) is 0 Å². The van der Waals surface area contributed by atoms with Crippen molar-refractivity contribution in [1.82, 2.24) is 10.3 Å². The Bertz CT molecular complexity index is 519. The molecule has 1 aromatic rings.